The minimum Gasteiger partial charge on any atom is -0.481 e. The summed E-state index contributed by atoms with van der Waals surface area (Å²) >= 11 is 0. The van der Waals surface area contributed by atoms with Crippen molar-refractivity contribution in [2.45, 2.75) is 58.1 Å². The molecule has 2 aliphatic carbocycles. The van der Waals surface area contributed by atoms with Gasteiger partial charge in [-0.3, -0.25) is 4.79 Å². The van der Waals surface area contributed by atoms with Gasteiger partial charge in [0.1, 0.15) is 5.75 Å². The normalized spacial score (nSPS) is 29.1. The largest absolute Gasteiger partial charge is 0.481 e. The average molecular weight is 301 g/mol. The summed E-state index contributed by atoms with van der Waals surface area (Å²) in [7, 11) is 0. The van der Waals surface area contributed by atoms with Crippen LogP contribution in [0, 0.1) is 17.8 Å². The molecule has 1 amide bonds. The van der Waals surface area contributed by atoms with Gasteiger partial charge in [0.2, 0.25) is 0 Å². The van der Waals surface area contributed by atoms with Crippen LogP contribution >= 0.6 is 0 Å². The van der Waals surface area contributed by atoms with Crippen LogP contribution in [-0.4, -0.2) is 18.1 Å². The van der Waals surface area contributed by atoms with Crippen molar-refractivity contribution in [3.63, 3.8) is 0 Å². The second-order valence-corrected chi connectivity index (χ2v) is 6.96. The van der Waals surface area contributed by atoms with Gasteiger partial charge in [-0.15, -0.1) is 0 Å². The second-order valence-electron chi connectivity index (χ2n) is 6.96. The predicted molar refractivity (Wildman–Crippen MR) is 87.7 cm³/mol. The molecule has 0 aromatic heterocycles. The number of fused-ring (bicyclic) bond motifs is 2. The molecular formula is C19H27NO2. The summed E-state index contributed by atoms with van der Waals surface area (Å²) in [5.41, 5.74) is 0. The average Bonchev–Trinajstić information content (AvgIpc) is 3.16. The highest BCUT2D eigenvalue weighted by molar-refractivity contribution is 5.81. The summed E-state index contributed by atoms with van der Waals surface area (Å²) in [6.45, 7) is 4.16. The van der Waals surface area contributed by atoms with Gasteiger partial charge in [-0.05, 0) is 62.5 Å². The lowest BCUT2D eigenvalue weighted by Gasteiger charge is -2.29. The van der Waals surface area contributed by atoms with E-state index in [1.54, 1.807) is 0 Å². The molecule has 1 N–H and O–H groups in total. The summed E-state index contributed by atoms with van der Waals surface area (Å²) in [5.74, 6) is 3.20. The Hall–Kier alpha value is -1.51. The fraction of sp³-hybridized carbons (Fsp3) is 0.632. The Morgan fingerprint density at radius 2 is 2.05 bits per heavy atom. The Bertz CT molecular complexity index is 501. The van der Waals surface area contributed by atoms with Gasteiger partial charge in [0.15, 0.2) is 6.10 Å². The second kappa shape index (κ2) is 6.72. The van der Waals surface area contributed by atoms with Crippen molar-refractivity contribution in [2.24, 2.45) is 17.8 Å². The maximum absolute atomic E-state index is 12.5. The number of carbonyl (C=O) groups excluding carboxylic acids is 1. The third-order valence-corrected chi connectivity index (χ3v) is 5.49. The molecule has 2 bridgehead atoms. The van der Waals surface area contributed by atoms with Gasteiger partial charge >= 0.3 is 0 Å². The van der Waals surface area contributed by atoms with Gasteiger partial charge in [-0.25, -0.2) is 0 Å². The molecule has 3 heteroatoms. The highest BCUT2D eigenvalue weighted by atomic mass is 16.5. The monoisotopic (exact) mass is 301 g/mol. The number of para-hydroxylation sites is 1. The van der Waals surface area contributed by atoms with E-state index in [0.717, 1.165) is 17.6 Å². The lowest BCUT2D eigenvalue weighted by Crippen LogP contribution is -2.46. The molecule has 3 nitrogen and oxygen atoms in total. The number of ether oxygens (including phenoxy) is 1. The molecule has 0 aliphatic heterocycles. The van der Waals surface area contributed by atoms with Crippen molar-refractivity contribution in [3.05, 3.63) is 30.3 Å². The number of hydrogen-bond donors (Lipinski definition) is 1. The van der Waals surface area contributed by atoms with E-state index in [9.17, 15) is 4.79 Å². The van der Waals surface area contributed by atoms with Gasteiger partial charge in [0.25, 0.3) is 5.91 Å². The predicted octanol–water partition coefficient (Wildman–Crippen LogP) is 3.78. The Morgan fingerprint density at radius 3 is 2.64 bits per heavy atom. The first-order valence-electron chi connectivity index (χ1n) is 8.69. The SMILES string of the molecule is CC[C@H](Oc1ccccc1)C(=O)N[C@H](C)[C@H]1C[C@H]2CC[C@H]1C2. The molecule has 3 rings (SSSR count). The number of carbonyl (C=O) groups is 1. The zero-order chi connectivity index (χ0) is 15.5. The van der Waals surface area contributed by atoms with Crippen molar-refractivity contribution in [3.8, 4) is 5.75 Å². The van der Waals surface area contributed by atoms with Crippen molar-refractivity contribution >= 4 is 5.91 Å². The minimum atomic E-state index is -0.400. The molecule has 0 heterocycles. The highest BCUT2D eigenvalue weighted by Gasteiger charge is 2.42. The van der Waals surface area contributed by atoms with E-state index < -0.39 is 6.10 Å². The first-order valence-corrected chi connectivity index (χ1v) is 8.69. The van der Waals surface area contributed by atoms with Crippen LogP contribution in [0.4, 0.5) is 0 Å². The van der Waals surface area contributed by atoms with Crippen molar-refractivity contribution < 1.29 is 9.53 Å². The van der Waals surface area contributed by atoms with Gasteiger partial charge in [-0.1, -0.05) is 31.5 Å². The fourth-order valence-electron chi connectivity index (χ4n) is 4.32. The molecular weight excluding hydrogens is 274 g/mol. The van der Waals surface area contributed by atoms with Crippen LogP contribution in [0.5, 0.6) is 5.75 Å². The summed E-state index contributed by atoms with van der Waals surface area (Å²) < 4.78 is 5.84. The maximum Gasteiger partial charge on any atom is 0.261 e. The van der Waals surface area contributed by atoms with Crippen LogP contribution in [0.25, 0.3) is 0 Å². The van der Waals surface area contributed by atoms with Gasteiger partial charge in [0, 0.05) is 6.04 Å². The standard InChI is InChI=1S/C19H27NO2/c1-3-18(22-16-7-5-4-6-8-16)19(21)20-13(2)17-12-14-9-10-15(17)11-14/h4-8,13-15,17-18H,3,9-12H2,1-2H3,(H,20,21)/t13-,14+,15+,17-,18+/m1/s1. The Labute approximate surface area is 133 Å². The Balaban J connectivity index is 1.55. The van der Waals surface area contributed by atoms with Crippen molar-refractivity contribution in [2.75, 3.05) is 0 Å². The molecule has 2 saturated carbocycles. The highest BCUT2D eigenvalue weighted by Crippen LogP contribution is 2.49. The van der Waals surface area contributed by atoms with E-state index >= 15 is 0 Å². The van der Waals surface area contributed by atoms with E-state index in [1.807, 2.05) is 37.3 Å². The molecule has 0 saturated heterocycles. The van der Waals surface area contributed by atoms with E-state index in [2.05, 4.69) is 12.2 Å². The van der Waals surface area contributed by atoms with Crippen LogP contribution in [0.2, 0.25) is 0 Å². The number of nitrogens with one attached hydrogen (secondary N) is 1. The van der Waals surface area contributed by atoms with E-state index in [1.165, 1.54) is 25.7 Å². The molecule has 1 aromatic carbocycles. The van der Waals surface area contributed by atoms with Gasteiger partial charge < -0.3 is 10.1 Å². The van der Waals surface area contributed by atoms with Gasteiger partial charge in [-0.2, -0.15) is 0 Å². The number of rotatable bonds is 6. The van der Waals surface area contributed by atoms with Crippen LogP contribution in [0.15, 0.2) is 30.3 Å². The van der Waals surface area contributed by atoms with Crippen molar-refractivity contribution in [1.29, 1.82) is 0 Å². The van der Waals surface area contributed by atoms with E-state index in [0.29, 0.717) is 12.3 Å². The minimum absolute atomic E-state index is 0.0293. The molecule has 22 heavy (non-hydrogen) atoms. The van der Waals surface area contributed by atoms with Crippen LogP contribution in [-0.2, 0) is 4.79 Å². The molecule has 0 spiro atoms. The summed E-state index contributed by atoms with van der Waals surface area (Å²) in [6, 6.07) is 9.86. The zero-order valence-electron chi connectivity index (χ0n) is 13.6. The van der Waals surface area contributed by atoms with Crippen molar-refractivity contribution in [1.82, 2.24) is 5.32 Å². The Kier molecular flexibility index (Phi) is 4.70. The smallest absolute Gasteiger partial charge is 0.261 e. The zero-order valence-corrected chi connectivity index (χ0v) is 13.6. The molecule has 120 valence electrons. The first-order chi connectivity index (χ1) is 10.7. The lowest BCUT2D eigenvalue weighted by molar-refractivity contribution is -0.129. The third-order valence-electron chi connectivity index (χ3n) is 5.49. The van der Waals surface area contributed by atoms with Gasteiger partial charge in [0.05, 0.1) is 0 Å². The molecule has 1 aromatic rings. The fourth-order valence-corrected chi connectivity index (χ4v) is 4.32. The molecule has 2 fully saturated rings. The summed E-state index contributed by atoms with van der Waals surface area (Å²) in [4.78, 5) is 12.5. The topological polar surface area (TPSA) is 38.3 Å². The Morgan fingerprint density at radius 1 is 1.27 bits per heavy atom. The van der Waals surface area contributed by atoms with E-state index in [4.69, 9.17) is 4.74 Å². The number of benzene rings is 1. The number of amides is 1. The van der Waals surface area contributed by atoms with E-state index in [-0.39, 0.29) is 11.9 Å². The van der Waals surface area contributed by atoms with Crippen LogP contribution < -0.4 is 10.1 Å². The lowest BCUT2D eigenvalue weighted by atomic mass is 9.84. The molecule has 0 radical (unpaired) electrons. The molecule has 0 unspecified atom stereocenters. The quantitative estimate of drug-likeness (QED) is 0.868. The maximum atomic E-state index is 12.5. The summed E-state index contributed by atoms with van der Waals surface area (Å²) in [6.07, 6.45) is 5.71. The van der Waals surface area contributed by atoms with Crippen LogP contribution in [0.1, 0.15) is 46.0 Å². The molecule has 5 atom stereocenters. The first kappa shape index (κ1) is 15.4. The molecule has 2 aliphatic rings. The summed E-state index contributed by atoms with van der Waals surface area (Å²) in [5, 5.41) is 3.21. The van der Waals surface area contributed by atoms with Crippen LogP contribution in [0.3, 0.4) is 0 Å². The third kappa shape index (κ3) is 3.29. The number of hydrogen-bond acceptors (Lipinski definition) is 2.